The molecule has 0 bridgehead atoms. The average molecular weight is 387 g/mol. The van der Waals surface area contributed by atoms with Crippen LogP contribution in [0, 0.1) is 13.8 Å². The van der Waals surface area contributed by atoms with Gasteiger partial charge < -0.3 is 10.4 Å². The predicted molar refractivity (Wildman–Crippen MR) is 108 cm³/mol. The topological polar surface area (TPSA) is 79.1 Å². The van der Waals surface area contributed by atoms with Gasteiger partial charge in [0.25, 0.3) is 0 Å². The van der Waals surface area contributed by atoms with Crippen LogP contribution in [0.4, 0.5) is 5.82 Å². The summed E-state index contributed by atoms with van der Waals surface area (Å²) >= 11 is 1.71. The Morgan fingerprint density at radius 3 is 2.74 bits per heavy atom. The fraction of sp³-hybridized carbons (Fsp3) is 0.526. The number of hydrogen-bond donors (Lipinski definition) is 2. The summed E-state index contributed by atoms with van der Waals surface area (Å²) in [6.45, 7) is 7.64. The van der Waals surface area contributed by atoms with Crippen LogP contribution in [0.15, 0.2) is 12.4 Å². The van der Waals surface area contributed by atoms with Gasteiger partial charge in [0.15, 0.2) is 0 Å². The maximum absolute atomic E-state index is 10.5. The zero-order chi connectivity index (χ0) is 19.0. The van der Waals surface area contributed by atoms with Crippen LogP contribution in [0.2, 0.25) is 0 Å². The van der Waals surface area contributed by atoms with Crippen molar-refractivity contribution >= 4 is 27.4 Å². The van der Waals surface area contributed by atoms with Gasteiger partial charge in [-0.25, -0.2) is 9.97 Å². The first-order valence-electron chi connectivity index (χ1n) is 9.40. The van der Waals surface area contributed by atoms with E-state index in [9.17, 15) is 5.11 Å². The summed E-state index contributed by atoms with van der Waals surface area (Å²) in [6.07, 6.45) is 5.40. The number of rotatable bonds is 6. The van der Waals surface area contributed by atoms with Crippen molar-refractivity contribution in [1.29, 1.82) is 0 Å². The first-order chi connectivity index (χ1) is 13.0. The number of anilines is 1. The molecule has 0 aliphatic carbocycles. The molecule has 4 heterocycles. The number of aliphatic hydroxyl groups is 1. The Balaban J connectivity index is 1.60. The minimum absolute atomic E-state index is 0.384. The second kappa shape index (κ2) is 7.53. The highest BCUT2D eigenvalue weighted by Crippen LogP contribution is 2.33. The molecular weight excluding hydrogens is 360 g/mol. The minimum atomic E-state index is -0.634. The molecule has 7 nitrogen and oxygen atoms in total. The van der Waals surface area contributed by atoms with Crippen LogP contribution < -0.4 is 5.32 Å². The molecule has 144 valence electrons. The van der Waals surface area contributed by atoms with E-state index in [0.717, 1.165) is 47.1 Å². The summed E-state index contributed by atoms with van der Waals surface area (Å²) < 4.78 is 1.70. The average Bonchev–Trinajstić information content (AvgIpc) is 3.35. The Kier molecular flexibility index (Phi) is 5.12. The number of aliphatic hydroxyl groups excluding tert-OH is 1. The molecule has 0 spiro atoms. The standard InChI is InChI=1S/C19H26N6OS/c1-12-13(2)27-19-17(12)18(20-9-15(26)14-8-21-24(3)10-14)22-16(23-19)11-25-6-4-5-7-25/h8,10,15,26H,4-7,9,11H2,1-3H3,(H,20,22,23). The van der Waals surface area contributed by atoms with Gasteiger partial charge in [-0.3, -0.25) is 9.58 Å². The third-order valence-corrected chi connectivity index (χ3v) is 6.31. The number of aromatic nitrogens is 4. The van der Waals surface area contributed by atoms with Crippen LogP contribution in [0.25, 0.3) is 10.2 Å². The van der Waals surface area contributed by atoms with E-state index in [1.54, 1.807) is 22.2 Å². The van der Waals surface area contributed by atoms with E-state index in [4.69, 9.17) is 9.97 Å². The minimum Gasteiger partial charge on any atom is -0.386 e. The lowest BCUT2D eigenvalue weighted by molar-refractivity contribution is 0.191. The number of nitrogens with one attached hydrogen (secondary N) is 1. The largest absolute Gasteiger partial charge is 0.386 e. The zero-order valence-corrected chi connectivity index (χ0v) is 16.9. The van der Waals surface area contributed by atoms with Crippen molar-refractivity contribution < 1.29 is 5.11 Å². The number of hydrogen-bond acceptors (Lipinski definition) is 7. The van der Waals surface area contributed by atoms with Crippen LogP contribution in [0.5, 0.6) is 0 Å². The van der Waals surface area contributed by atoms with Crippen molar-refractivity contribution in [3.63, 3.8) is 0 Å². The third-order valence-electron chi connectivity index (χ3n) is 5.21. The highest BCUT2D eigenvalue weighted by atomic mass is 32.1. The molecular formula is C19H26N6OS. The van der Waals surface area contributed by atoms with Crippen molar-refractivity contribution in [2.75, 3.05) is 25.0 Å². The smallest absolute Gasteiger partial charge is 0.146 e. The summed E-state index contributed by atoms with van der Waals surface area (Å²) in [7, 11) is 1.85. The van der Waals surface area contributed by atoms with Crippen molar-refractivity contribution in [2.45, 2.75) is 39.3 Å². The lowest BCUT2D eigenvalue weighted by atomic mass is 10.2. The maximum atomic E-state index is 10.5. The van der Waals surface area contributed by atoms with Crippen LogP contribution in [0.1, 0.15) is 40.8 Å². The van der Waals surface area contributed by atoms with Gasteiger partial charge in [0.05, 0.1) is 24.2 Å². The van der Waals surface area contributed by atoms with Crippen molar-refractivity contribution in [2.24, 2.45) is 7.05 Å². The van der Waals surface area contributed by atoms with Gasteiger partial charge in [-0.15, -0.1) is 11.3 Å². The molecule has 4 rings (SSSR count). The SMILES string of the molecule is Cc1sc2nc(CN3CCCC3)nc(NCC(O)c3cnn(C)c3)c2c1C. The van der Waals surface area contributed by atoms with E-state index in [1.165, 1.54) is 23.3 Å². The Labute approximate surface area is 163 Å². The summed E-state index contributed by atoms with van der Waals surface area (Å²) in [5.41, 5.74) is 2.01. The molecule has 0 amide bonds. The normalized spacial score (nSPS) is 16.3. The van der Waals surface area contributed by atoms with E-state index >= 15 is 0 Å². The summed E-state index contributed by atoms with van der Waals surface area (Å²) in [4.78, 5) is 14.3. The molecule has 1 saturated heterocycles. The highest BCUT2D eigenvalue weighted by Gasteiger charge is 2.19. The lowest BCUT2D eigenvalue weighted by Gasteiger charge is -2.16. The molecule has 3 aromatic heterocycles. The second-order valence-electron chi connectivity index (χ2n) is 7.28. The third kappa shape index (κ3) is 3.83. The van der Waals surface area contributed by atoms with Gasteiger partial charge >= 0.3 is 0 Å². The van der Waals surface area contributed by atoms with Crippen molar-refractivity contribution in [1.82, 2.24) is 24.6 Å². The molecule has 1 aliphatic rings. The summed E-state index contributed by atoms with van der Waals surface area (Å²) in [6, 6.07) is 0. The Morgan fingerprint density at radius 1 is 1.26 bits per heavy atom. The van der Waals surface area contributed by atoms with Crippen molar-refractivity contribution in [3.05, 3.63) is 34.2 Å². The fourth-order valence-electron chi connectivity index (χ4n) is 3.56. The van der Waals surface area contributed by atoms with E-state index in [-0.39, 0.29) is 0 Å². The van der Waals surface area contributed by atoms with E-state index < -0.39 is 6.10 Å². The van der Waals surface area contributed by atoms with Crippen LogP contribution >= 0.6 is 11.3 Å². The quantitative estimate of drug-likeness (QED) is 0.678. The summed E-state index contributed by atoms with van der Waals surface area (Å²) in [5, 5.41) is 19.0. The number of likely N-dealkylation sites (tertiary alicyclic amines) is 1. The Morgan fingerprint density at radius 2 is 2.04 bits per heavy atom. The molecule has 0 aromatic carbocycles. The predicted octanol–water partition coefficient (Wildman–Crippen LogP) is 2.78. The van der Waals surface area contributed by atoms with Gasteiger partial charge in [-0.05, 0) is 45.3 Å². The van der Waals surface area contributed by atoms with E-state index in [1.807, 2.05) is 13.2 Å². The van der Waals surface area contributed by atoms with Gasteiger partial charge in [-0.2, -0.15) is 5.10 Å². The Bertz CT molecular complexity index is 943. The molecule has 0 saturated carbocycles. The molecule has 27 heavy (non-hydrogen) atoms. The first-order valence-corrected chi connectivity index (χ1v) is 10.2. The number of thiophene rings is 1. The van der Waals surface area contributed by atoms with Gasteiger partial charge in [-0.1, -0.05) is 0 Å². The molecule has 2 N–H and O–H groups in total. The fourth-order valence-corrected chi connectivity index (χ4v) is 4.60. The van der Waals surface area contributed by atoms with Crippen LogP contribution in [-0.2, 0) is 13.6 Å². The first kappa shape index (κ1) is 18.3. The van der Waals surface area contributed by atoms with Gasteiger partial charge in [0, 0.05) is 30.2 Å². The summed E-state index contributed by atoms with van der Waals surface area (Å²) in [5.74, 6) is 1.67. The molecule has 1 fully saturated rings. The molecule has 8 heteroatoms. The molecule has 1 aliphatic heterocycles. The van der Waals surface area contributed by atoms with Crippen LogP contribution in [0.3, 0.4) is 0 Å². The molecule has 1 unspecified atom stereocenters. The number of aryl methyl sites for hydroxylation is 3. The number of fused-ring (bicyclic) bond motifs is 1. The van der Waals surface area contributed by atoms with E-state index in [0.29, 0.717) is 6.54 Å². The highest BCUT2D eigenvalue weighted by molar-refractivity contribution is 7.18. The van der Waals surface area contributed by atoms with Gasteiger partial charge in [0.2, 0.25) is 0 Å². The monoisotopic (exact) mass is 386 g/mol. The lowest BCUT2D eigenvalue weighted by Crippen LogP contribution is -2.21. The molecule has 3 aromatic rings. The van der Waals surface area contributed by atoms with Crippen LogP contribution in [-0.4, -0.2) is 49.4 Å². The molecule has 1 atom stereocenters. The van der Waals surface area contributed by atoms with E-state index in [2.05, 4.69) is 29.2 Å². The maximum Gasteiger partial charge on any atom is 0.146 e. The second-order valence-corrected chi connectivity index (χ2v) is 8.48. The Hall–Kier alpha value is -2.03. The number of nitrogens with zero attached hydrogens (tertiary/aromatic N) is 5. The van der Waals surface area contributed by atoms with Crippen molar-refractivity contribution in [3.8, 4) is 0 Å². The van der Waals surface area contributed by atoms with Gasteiger partial charge in [0.1, 0.15) is 16.5 Å². The molecule has 0 radical (unpaired) electrons. The zero-order valence-electron chi connectivity index (χ0n) is 16.1.